The Morgan fingerprint density at radius 2 is 1.44 bits per heavy atom. The van der Waals surface area contributed by atoms with Gasteiger partial charge in [0.1, 0.15) is 0 Å². The van der Waals surface area contributed by atoms with E-state index in [0.717, 1.165) is 6.42 Å². The summed E-state index contributed by atoms with van der Waals surface area (Å²) in [6.07, 6.45) is 13.2. The van der Waals surface area contributed by atoms with Gasteiger partial charge in [0.15, 0.2) is 0 Å². The molecule has 0 saturated heterocycles. The summed E-state index contributed by atoms with van der Waals surface area (Å²) in [7, 11) is 0. The van der Waals surface area contributed by atoms with Crippen molar-refractivity contribution in [1.82, 2.24) is 0 Å². The maximum absolute atomic E-state index is 8.22. The van der Waals surface area contributed by atoms with Gasteiger partial charge < -0.3 is 0 Å². The monoisotopic (exact) mass is 253 g/mol. The van der Waals surface area contributed by atoms with Gasteiger partial charge in [-0.3, -0.25) is 0 Å². The van der Waals surface area contributed by atoms with Gasteiger partial charge in [0, 0.05) is 11.5 Å². The van der Waals surface area contributed by atoms with Crippen molar-refractivity contribution in [2.45, 2.75) is 85.0 Å². The Bertz CT molecular complexity index is 230. The highest BCUT2D eigenvalue weighted by molar-refractivity contribution is 4.69. The van der Waals surface area contributed by atoms with Crippen LogP contribution in [0.25, 0.3) is 10.4 Å². The summed E-state index contributed by atoms with van der Waals surface area (Å²) in [5.74, 6) is 0. The van der Waals surface area contributed by atoms with E-state index in [-0.39, 0.29) is 0 Å². The van der Waals surface area contributed by atoms with Gasteiger partial charge in [0.05, 0.1) is 0 Å². The number of hydrogen-bond acceptors (Lipinski definition) is 1. The van der Waals surface area contributed by atoms with Crippen LogP contribution in [0.4, 0.5) is 0 Å². The lowest BCUT2D eigenvalue weighted by molar-refractivity contribution is 0.288. The van der Waals surface area contributed by atoms with Crippen LogP contribution in [0.2, 0.25) is 0 Å². The molecule has 0 spiro atoms. The van der Waals surface area contributed by atoms with E-state index in [0.29, 0.717) is 12.0 Å². The summed E-state index contributed by atoms with van der Waals surface area (Å²) >= 11 is 0. The van der Waals surface area contributed by atoms with Gasteiger partial charge in [-0.25, -0.2) is 0 Å². The molecule has 0 aromatic heterocycles. The Balaban J connectivity index is 3.42. The van der Waals surface area contributed by atoms with Crippen molar-refractivity contribution in [1.29, 1.82) is 0 Å². The topological polar surface area (TPSA) is 48.8 Å². The summed E-state index contributed by atoms with van der Waals surface area (Å²) in [4.78, 5) is 2.79. The van der Waals surface area contributed by atoms with Gasteiger partial charge in [-0.05, 0) is 30.2 Å². The molecule has 0 heterocycles. The van der Waals surface area contributed by atoms with E-state index >= 15 is 0 Å². The van der Waals surface area contributed by atoms with Crippen molar-refractivity contribution in [3.05, 3.63) is 10.4 Å². The van der Waals surface area contributed by atoms with Crippen LogP contribution in [0.5, 0.6) is 0 Å². The lowest BCUT2D eigenvalue weighted by Gasteiger charge is -2.24. The summed E-state index contributed by atoms with van der Waals surface area (Å²) in [6.45, 7) is 7.58. The molecule has 106 valence electrons. The largest absolute Gasteiger partial charge is 0.0940 e. The van der Waals surface area contributed by atoms with E-state index in [2.05, 4.69) is 30.8 Å². The van der Waals surface area contributed by atoms with E-state index < -0.39 is 0 Å². The van der Waals surface area contributed by atoms with Gasteiger partial charge in [-0.1, -0.05) is 70.8 Å². The van der Waals surface area contributed by atoms with Gasteiger partial charge >= 0.3 is 0 Å². The van der Waals surface area contributed by atoms with E-state index in [1.165, 1.54) is 57.8 Å². The van der Waals surface area contributed by atoms with Crippen molar-refractivity contribution in [2.75, 3.05) is 6.54 Å². The molecule has 0 unspecified atom stereocenters. The third-order valence-corrected chi connectivity index (χ3v) is 3.63. The first-order chi connectivity index (χ1) is 8.62. The second-order valence-corrected chi connectivity index (χ2v) is 6.09. The molecule has 0 radical (unpaired) electrons. The number of unbranched alkanes of at least 4 members (excludes halogenated alkanes) is 6. The van der Waals surface area contributed by atoms with Crippen LogP contribution >= 0.6 is 0 Å². The lowest BCUT2D eigenvalue weighted by Crippen LogP contribution is -2.11. The first-order valence-corrected chi connectivity index (χ1v) is 7.63. The molecule has 0 fully saturated rings. The highest BCUT2D eigenvalue weighted by Crippen LogP contribution is 2.29. The Kier molecular flexibility index (Phi) is 11.0. The molecule has 0 aliphatic carbocycles. The summed E-state index contributed by atoms with van der Waals surface area (Å²) < 4.78 is 0. The number of azide groups is 1. The van der Waals surface area contributed by atoms with Crippen LogP contribution in [0.15, 0.2) is 5.11 Å². The smallest absolute Gasteiger partial charge is 0.0258 e. The Morgan fingerprint density at radius 3 is 2.06 bits per heavy atom. The molecule has 3 nitrogen and oxygen atoms in total. The average Bonchev–Trinajstić information content (AvgIpc) is 2.34. The molecule has 18 heavy (non-hydrogen) atoms. The SMILES string of the molecule is CCCCCCCCCC(C)(C)CCCN=[N+]=[N-]. The highest BCUT2D eigenvalue weighted by Gasteiger charge is 2.16. The zero-order chi connectivity index (χ0) is 13.7. The zero-order valence-corrected chi connectivity index (χ0v) is 12.6. The second-order valence-electron chi connectivity index (χ2n) is 6.09. The first kappa shape index (κ1) is 17.3. The van der Waals surface area contributed by atoms with Gasteiger partial charge in [0.2, 0.25) is 0 Å². The van der Waals surface area contributed by atoms with Crippen molar-refractivity contribution in [2.24, 2.45) is 10.5 Å². The minimum atomic E-state index is 0.411. The third kappa shape index (κ3) is 11.8. The molecule has 0 amide bonds. The summed E-state index contributed by atoms with van der Waals surface area (Å²) in [5, 5.41) is 3.59. The number of nitrogens with zero attached hydrogens (tertiary/aromatic N) is 3. The van der Waals surface area contributed by atoms with Crippen LogP contribution in [-0.2, 0) is 0 Å². The van der Waals surface area contributed by atoms with Crippen molar-refractivity contribution in [3.63, 3.8) is 0 Å². The molecule has 0 aliphatic rings. The van der Waals surface area contributed by atoms with E-state index in [1.54, 1.807) is 0 Å². The highest BCUT2D eigenvalue weighted by atomic mass is 15.1. The van der Waals surface area contributed by atoms with Crippen LogP contribution in [0.3, 0.4) is 0 Å². The summed E-state index contributed by atoms with van der Waals surface area (Å²) in [5.41, 5.74) is 8.63. The van der Waals surface area contributed by atoms with E-state index in [4.69, 9.17) is 5.53 Å². The first-order valence-electron chi connectivity index (χ1n) is 7.63. The van der Waals surface area contributed by atoms with Crippen molar-refractivity contribution < 1.29 is 0 Å². The van der Waals surface area contributed by atoms with Gasteiger partial charge in [-0.15, -0.1) is 0 Å². The quantitative estimate of drug-likeness (QED) is 0.171. The van der Waals surface area contributed by atoms with Crippen molar-refractivity contribution >= 4 is 0 Å². The maximum atomic E-state index is 8.22. The fourth-order valence-electron chi connectivity index (χ4n) is 2.36. The minimum Gasteiger partial charge on any atom is -0.0940 e. The minimum absolute atomic E-state index is 0.411. The molecule has 0 saturated carbocycles. The van der Waals surface area contributed by atoms with Crippen LogP contribution in [-0.4, -0.2) is 6.54 Å². The summed E-state index contributed by atoms with van der Waals surface area (Å²) in [6, 6.07) is 0. The van der Waals surface area contributed by atoms with E-state index in [1.807, 2.05) is 0 Å². The normalized spacial score (nSPS) is 11.3. The Morgan fingerprint density at radius 1 is 0.889 bits per heavy atom. The maximum Gasteiger partial charge on any atom is 0.0258 e. The molecule has 0 aliphatic heterocycles. The molecule has 0 N–H and O–H groups in total. The zero-order valence-electron chi connectivity index (χ0n) is 12.6. The third-order valence-electron chi connectivity index (χ3n) is 3.63. The predicted octanol–water partition coefficient (Wildman–Crippen LogP) is 6.24. The molecular weight excluding hydrogens is 222 g/mol. The standard InChI is InChI=1S/C15H31N3/c1-4-5-6-7-8-9-10-12-15(2,3)13-11-14-17-18-16/h4-14H2,1-3H3. The van der Waals surface area contributed by atoms with Gasteiger partial charge in [-0.2, -0.15) is 0 Å². The molecule has 0 aromatic rings. The van der Waals surface area contributed by atoms with Crippen LogP contribution in [0.1, 0.15) is 85.0 Å². The lowest BCUT2D eigenvalue weighted by atomic mass is 9.82. The average molecular weight is 253 g/mol. The Hall–Kier alpha value is -0.690. The van der Waals surface area contributed by atoms with Crippen molar-refractivity contribution in [3.8, 4) is 0 Å². The fraction of sp³-hybridized carbons (Fsp3) is 1.00. The van der Waals surface area contributed by atoms with Crippen LogP contribution < -0.4 is 0 Å². The molecule has 3 heteroatoms. The molecule has 0 aromatic carbocycles. The second kappa shape index (κ2) is 11.4. The van der Waals surface area contributed by atoms with E-state index in [9.17, 15) is 0 Å². The molecule has 0 bridgehead atoms. The fourth-order valence-corrected chi connectivity index (χ4v) is 2.36. The Labute approximate surface area is 113 Å². The number of rotatable bonds is 12. The van der Waals surface area contributed by atoms with Crippen LogP contribution in [0, 0.1) is 5.41 Å². The molecule has 0 atom stereocenters. The molecular formula is C15H31N3. The number of hydrogen-bond donors (Lipinski definition) is 0. The van der Waals surface area contributed by atoms with Gasteiger partial charge in [0.25, 0.3) is 0 Å². The predicted molar refractivity (Wildman–Crippen MR) is 79.6 cm³/mol. The molecule has 0 rings (SSSR count).